The first-order valence-electron chi connectivity index (χ1n) is 10.7. The molecule has 0 unspecified atom stereocenters. The van der Waals surface area contributed by atoms with Crippen LogP contribution in [-0.4, -0.2) is 63.2 Å². The van der Waals surface area contributed by atoms with Gasteiger partial charge >= 0.3 is 0 Å². The van der Waals surface area contributed by atoms with Crippen molar-refractivity contribution in [2.24, 2.45) is 5.73 Å². The van der Waals surface area contributed by atoms with Crippen molar-refractivity contribution in [3.05, 3.63) is 54.1 Å². The standard InChI is InChI=1S/C22H26N6O4/c23-16(9-14-11-24-12-25-14)22(32)28-8-4-7-17(28)20(30)27-21(31)19-15(10-18(29)26-19)13-5-2-1-3-6-13/h1-3,5-6,11-12,15-17,19H,4,7-10,23H2,(H,24,25)(H,26,29)(H,27,30,31)/t15-,16+,17+,19+/m1/s1. The third-order valence-corrected chi connectivity index (χ3v) is 6.02. The van der Waals surface area contributed by atoms with E-state index in [0.717, 1.165) is 5.56 Å². The van der Waals surface area contributed by atoms with Crippen molar-refractivity contribution < 1.29 is 19.2 Å². The summed E-state index contributed by atoms with van der Waals surface area (Å²) in [5.74, 6) is -2.08. The second kappa shape index (κ2) is 9.31. The zero-order valence-corrected chi connectivity index (χ0v) is 17.5. The van der Waals surface area contributed by atoms with Gasteiger partial charge in [-0.1, -0.05) is 30.3 Å². The van der Waals surface area contributed by atoms with Gasteiger partial charge in [-0.05, 0) is 18.4 Å². The summed E-state index contributed by atoms with van der Waals surface area (Å²) in [5.41, 5.74) is 7.56. The molecule has 3 heterocycles. The highest BCUT2D eigenvalue weighted by molar-refractivity contribution is 6.04. The molecule has 0 aliphatic carbocycles. The molecule has 2 aliphatic heterocycles. The lowest BCUT2D eigenvalue weighted by Crippen LogP contribution is -2.55. The van der Waals surface area contributed by atoms with Crippen LogP contribution >= 0.6 is 0 Å². The number of imidazole rings is 1. The van der Waals surface area contributed by atoms with Gasteiger partial charge in [0.25, 0.3) is 0 Å². The second-order valence-corrected chi connectivity index (χ2v) is 8.18. The van der Waals surface area contributed by atoms with Crippen LogP contribution in [0.1, 0.15) is 36.4 Å². The molecule has 168 valence electrons. The van der Waals surface area contributed by atoms with Crippen molar-refractivity contribution >= 4 is 23.6 Å². The Balaban J connectivity index is 1.40. The number of H-pyrrole nitrogens is 1. The summed E-state index contributed by atoms with van der Waals surface area (Å²) >= 11 is 0. The van der Waals surface area contributed by atoms with Gasteiger partial charge in [0.2, 0.25) is 23.6 Å². The first kappa shape index (κ1) is 21.7. The van der Waals surface area contributed by atoms with Gasteiger partial charge < -0.3 is 20.9 Å². The van der Waals surface area contributed by atoms with E-state index in [2.05, 4.69) is 20.6 Å². The Morgan fingerprint density at radius 3 is 2.72 bits per heavy atom. The number of nitrogens with one attached hydrogen (secondary N) is 3. The molecular formula is C22H26N6O4. The lowest BCUT2D eigenvalue weighted by atomic mass is 9.91. The number of rotatable bonds is 6. The zero-order chi connectivity index (χ0) is 22.7. The van der Waals surface area contributed by atoms with Gasteiger partial charge in [0.15, 0.2) is 0 Å². The van der Waals surface area contributed by atoms with Crippen molar-refractivity contribution in [2.45, 2.75) is 49.7 Å². The normalized spacial score (nSPS) is 23.6. The molecule has 1 aromatic carbocycles. The van der Waals surface area contributed by atoms with Crippen LogP contribution < -0.4 is 16.4 Å². The highest BCUT2D eigenvalue weighted by atomic mass is 16.2. The van der Waals surface area contributed by atoms with Crippen LogP contribution in [0.3, 0.4) is 0 Å². The molecule has 4 atom stereocenters. The summed E-state index contributed by atoms with van der Waals surface area (Å²) in [6.45, 7) is 0.395. The third kappa shape index (κ3) is 4.54. The predicted octanol–water partition coefficient (Wildman–Crippen LogP) is -0.414. The first-order valence-corrected chi connectivity index (χ1v) is 10.7. The highest BCUT2D eigenvalue weighted by Gasteiger charge is 2.41. The van der Waals surface area contributed by atoms with Crippen LogP contribution in [0.5, 0.6) is 0 Å². The maximum Gasteiger partial charge on any atom is 0.249 e. The molecule has 10 heteroatoms. The smallest absolute Gasteiger partial charge is 0.249 e. The van der Waals surface area contributed by atoms with E-state index in [1.54, 1.807) is 6.20 Å². The van der Waals surface area contributed by atoms with E-state index in [9.17, 15) is 19.2 Å². The molecule has 2 saturated heterocycles. The molecule has 2 aliphatic rings. The molecule has 4 amide bonds. The van der Waals surface area contributed by atoms with E-state index in [-0.39, 0.29) is 30.6 Å². The minimum Gasteiger partial charge on any atom is -0.351 e. The topological polar surface area (TPSA) is 150 Å². The Kier molecular flexibility index (Phi) is 6.31. The van der Waals surface area contributed by atoms with E-state index in [0.29, 0.717) is 25.1 Å². The number of aromatic nitrogens is 2. The Hall–Kier alpha value is -3.53. The van der Waals surface area contributed by atoms with Gasteiger partial charge in [-0.25, -0.2) is 4.98 Å². The average Bonchev–Trinajstić information content (AvgIpc) is 3.54. The molecule has 10 nitrogen and oxygen atoms in total. The minimum absolute atomic E-state index is 0.173. The Bertz CT molecular complexity index is 993. The van der Waals surface area contributed by atoms with Gasteiger partial charge in [0.1, 0.15) is 12.1 Å². The molecule has 0 radical (unpaired) electrons. The maximum absolute atomic E-state index is 12.9. The van der Waals surface area contributed by atoms with Crippen LogP contribution in [0.15, 0.2) is 42.9 Å². The number of imide groups is 1. The number of nitrogens with two attached hydrogens (primary N) is 1. The van der Waals surface area contributed by atoms with E-state index in [4.69, 9.17) is 5.73 Å². The SMILES string of the molecule is N[C@@H](Cc1c[nH]cn1)C(=O)N1CCC[C@H]1C(=O)NC(=O)[C@H]1NC(=O)C[C@@H]1c1ccccc1. The van der Waals surface area contributed by atoms with Crippen LogP contribution in [0.25, 0.3) is 0 Å². The quantitative estimate of drug-likeness (QED) is 0.450. The highest BCUT2D eigenvalue weighted by Crippen LogP contribution is 2.28. The molecule has 1 aromatic heterocycles. The van der Waals surface area contributed by atoms with E-state index >= 15 is 0 Å². The van der Waals surface area contributed by atoms with Gasteiger partial charge in [0.05, 0.1) is 18.1 Å². The molecule has 4 rings (SSSR count). The number of benzene rings is 1. The van der Waals surface area contributed by atoms with Crippen LogP contribution in [0.2, 0.25) is 0 Å². The summed E-state index contributed by atoms with van der Waals surface area (Å²) in [4.78, 5) is 58.9. The zero-order valence-electron chi connectivity index (χ0n) is 17.5. The lowest BCUT2D eigenvalue weighted by Gasteiger charge is -2.27. The van der Waals surface area contributed by atoms with Crippen molar-refractivity contribution in [3.8, 4) is 0 Å². The molecule has 0 bridgehead atoms. The van der Waals surface area contributed by atoms with E-state index in [1.165, 1.54) is 11.2 Å². The Morgan fingerprint density at radius 2 is 2.00 bits per heavy atom. The fourth-order valence-electron chi connectivity index (χ4n) is 4.42. The van der Waals surface area contributed by atoms with E-state index in [1.807, 2.05) is 30.3 Å². The monoisotopic (exact) mass is 438 g/mol. The van der Waals surface area contributed by atoms with Crippen LogP contribution in [-0.2, 0) is 25.6 Å². The number of nitrogens with zero attached hydrogens (tertiary/aromatic N) is 2. The number of aromatic amines is 1. The molecule has 0 spiro atoms. The average molecular weight is 438 g/mol. The largest absolute Gasteiger partial charge is 0.351 e. The summed E-state index contributed by atoms with van der Waals surface area (Å²) in [6.07, 6.45) is 4.68. The summed E-state index contributed by atoms with van der Waals surface area (Å²) in [6, 6.07) is 6.79. The first-order chi connectivity index (χ1) is 15.4. The molecule has 2 aromatic rings. The third-order valence-electron chi connectivity index (χ3n) is 6.02. The molecule has 2 fully saturated rings. The van der Waals surface area contributed by atoms with Gasteiger partial charge in [-0.2, -0.15) is 0 Å². The van der Waals surface area contributed by atoms with E-state index < -0.39 is 29.9 Å². The van der Waals surface area contributed by atoms with Gasteiger partial charge in [-0.3, -0.25) is 24.5 Å². The Labute approximate surface area is 184 Å². The fraction of sp³-hybridized carbons (Fsp3) is 0.409. The summed E-state index contributed by atoms with van der Waals surface area (Å²) < 4.78 is 0. The molecule has 0 saturated carbocycles. The summed E-state index contributed by atoms with van der Waals surface area (Å²) in [7, 11) is 0. The molecule has 5 N–H and O–H groups in total. The maximum atomic E-state index is 12.9. The molecular weight excluding hydrogens is 412 g/mol. The van der Waals surface area contributed by atoms with Crippen molar-refractivity contribution in [1.82, 2.24) is 25.5 Å². The number of carbonyl (C=O) groups is 4. The van der Waals surface area contributed by atoms with Crippen LogP contribution in [0.4, 0.5) is 0 Å². The van der Waals surface area contributed by atoms with Gasteiger partial charge in [-0.15, -0.1) is 0 Å². The molecule has 32 heavy (non-hydrogen) atoms. The number of amides is 4. The number of hydrogen-bond acceptors (Lipinski definition) is 6. The minimum atomic E-state index is -0.846. The van der Waals surface area contributed by atoms with Crippen molar-refractivity contribution in [3.63, 3.8) is 0 Å². The summed E-state index contributed by atoms with van der Waals surface area (Å²) in [5, 5.41) is 5.07. The number of carbonyl (C=O) groups excluding carboxylic acids is 4. The number of likely N-dealkylation sites (tertiary alicyclic amines) is 1. The van der Waals surface area contributed by atoms with Gasteiger partial charge in [0, 0.05) is 31.5 Å². The fourth-order valence-corrected chi connectivity index (χ4v) is 4.42. The van der Waals surface area contributed by atoms with Crippen molar-refractivity contribution in [1.29, 1.82) is 0 Å². The van der Waals surface area contributed by atoms with Crippen molar-refractivity contribution in [2.75, 3.05) is 6.54 Å². The number of hydrogen-bond donors (Lipinski definition) is 4. The predicted molar refractivity (Wildman–Crippen MR) is 114 cm³/mol. The van der Waals surface area contributed by atoms with Crippen LogP contribution in [0, 0.1) is 0 Å². The second-order valence-electron chi connectivity index (χ2n) is 8.18. The lowest BCUT2D eigenvalue weighted by molar-refractivity contribution is -0.142. The Morgan fingerprint density at radius 1 is 1.22 bits per heavy atom.